The third-order valence-corrected chi connectivity index (χ3v) is 2.85. The molecule has 0 saturated carbocycles. The number of halogens is 1. The number of hydrogen-bond donors (Lipinski definition) is 1. The van der Waals surface area contributed by atoms with E-state index in [-0.39, 0.29) is 10.4 Å². The van der Waals surface area contributed by atoms with Gasteiger partial charge < -0.3 is 5.11 Å². The van der Waals surface area contributed by atoms with Crippen molar-refractivity contribution < 1.29 is 14.7 Å². The fourth-order valence-corrected chi connectivity index (χ4v) is 2.16. The van der Waals surface area contributed by atoms with Crippen LogP contribution in [0.25, 0.3) is 0 Å². The summed E-state index contributed by atoms with van der Waals surface area (Å²) in [7, 11) is 0. The zero-order valence-electron chi connectivity index (χ0n) is 6.42. The Balaban J connectivity index is 3.03. The van der Waals surface area contributed by atoms with Gasteiger partial charge in [-0.2, -0.15) is 0 Å². The highest BCUT2D eigenvalue weighted by molar-refractivity contribution is 9.09. The molecule has 1 unspecified atom stereocenters. The summed E-state index contributed by atoms with van der Waals surface area (Å²) >= 11 is 3.24. The van der Waals surface area contributed by atoms with Crippen molar-refractivity contribution in [2.24, 2.45) is 0 Å². The van der Waals surface area contributed by atoms with Crippen LogP contribution in [0, 0.1) is 0 Å². The molecule has 0 aromatic carbocycles. The number of carboxylic acid groups (broad SMARTS) is 1. The second-order valence-corrected chi connectivity index (χ2v) is 3.83. The fourth-order valence-electron chi connectivity index (χ4n) is 1.35. The highest BCUT2D eigenvalue weighted by Gasteiger charge is 2.25. The van der Waals surface area contributed by atoms with Gasteiger partial charge in [0.2, 0.25) is 0 Å². The van der Waals surface area contributed by atoms with Crippen LogP contribution in [0.2, 0.25) is 0 Å². The zero-order chi connectivity index (χ0) is 9.14. The van der Waals surface area contributed by atoms with Gasteiger partial charge in [-0.3, -0.25) is 4.79 Å². The molecule has 0 radical (unpaired) electrons. The Morgan fingerprint density at radius 3 is 2.75 bits per heavy atom. The molecule has 1 aliphatic rings. The molecule has 1 rings (SSSR count). The standard InChI is InChI=1S/C8H9BrO3/c9-6-3-1-2-5(4-10)7(6)8(11)12/h4,6H,1-3H2,(H,11,12). The van der Waals surface area contributed by atoms with Gasteiger partial charge in [0.25, 0.3) is 0 Å². The summed E-state index contributed by atoms with van der Waals surface area (Å²) in [6, 6.07) is 0. The SMILES string of the molecule is O=CC1=C(C(=O)O)C(Br)CCC1. The molecule has 0 bridgehead atoms. The van der Waals surface area contributed by atoms with Crippen molar-refractivity contribution in [2.45, 2.75) is 24.1 Å². The van der Waals surface area contributed by atoms with Crippen molar-refractivity contribution >= 4 is 28.2 Å². The van der Waals surface area contributed by atoms with Crippen molar-refractivity contribution in [2.75, 3.05) is 0 Å². The van der Waals surface area contributed by atoms with Gasteiger partial charge >= 0.3 is 5.97 Å². The Morgan fingerprint density at radius 2 is 2.33 bits per heavy atom. The number of aldehydes is 1. The molecule has 0 aromatic heterocycles. The third kappa shape index (κ3) is 1.75. The molecule has 0 aliphatic heterocycles. The van der Waals surface area contributed by atoms with E-state index in [1.54, 1.807) is 0 Å². The number of alkyl halides is 1. The average Bonchev–Trinajstić information content (AvgIpc) is 2.03. The van der Waals surface area contributed by atoms with Gasteiger partial charge in [0.05, 0.1) is 5.57 Å². The number of aliphatic carboxylic acids is 1. The van der Waals surface area contributed by atoms with E-state index in [9.17, 15) is 9.59 Å². The molecule has 0 heterocycles. The van der Waals surface area contributed by atoms with E-state index in [2.05, 4.69) is 15.9 Å². The van der Waals surface area contributed by atoms with Crippen LogP contribution in [-0.2, 0) is 9.59 Å². The summed E-state index contributed by atoms with van der Waals surface area (Å²) in [6.45, 7) is 0. The van der Waals surface area contributed by atoms with Crippen LogP contribution in [0.15, 0.2) is 11.1 Å². The molecule has 0 fully saturated rings. The van der Waals surface area contributed by atoms with Crippen LogP contribution in [0.4, 0.5) is 0 Å². The number of carbonyl (C=O) groups is 2. The first-order valence-electron chi connectivity index (χ1n) is 3.72. The van der Waals surface area contributed by atoms with E-state index >= 15 is 0 Å². The summed E-state index contributed by atoms with van der Waals surface area (Å²) < 4.78 is 0. The van der Waals surface area contributed by atoms with E-state index in [4.69, 9.17) is 5.11 Å². The Morgan fingerprint density at radius 1 is 1.67 bits per heavy atom. The minimum Gasteiger partial charge on any atom is -0.478 e. The largest absolute Gasteiger partial charge is 0.478 e. The maximum Gasteiger partial charge on any atom is 0.333 e. The fraction of sp³-hybridized carbons (Fsp3) is 0.500. The maximum absolute atomic E-state index is 10.7. The van der Waals surface area contributed by atoms with Crippen LogP contribution in [-0.4, -0.2) is 22.2 Å². The number of allylic oxidation sites excluding steroid dienone is 1. The van der Waals surface area contributed by atoms with Crippen LogP contribution in [0.5, 0.6) is 0 Å². The van der Waals surface area contributed by atoms with Crippen molar-refractivity contribution in [3.05, 3.63) is 11.1 Å². The van der Waals surface area contributed by atoms with E-state index in [1.807, 2.05) is 0 Å². The predicted molar refractivity (Wildman–Crippen MR) is 47.3 cm³/mol. The van der Waals surface area contributed by atoms with E-state index in [1.165, 1.54) is 0 Å². The minimum absolute atomic E-state index is 0.163. The second-order valence-electron chi connectivity index (χ2n) is 2.72. The first-order chi connectivity index (χ1) is 5.66. The molecule has 1 aliphatic carbocycles. The van der Waals surface area contributed by atoms with Crippen molar-refractivity contribution in [1.82, 2.24) is 0 Å². The third-order valence-electron chi connectivity index (χ3n) is 1.94. The first kappa shape index (κ1) is 9.45. The summed E-state index contributed by atoms with van der Waals surface area (Å²) in [6.07, 6.45) is 2.91. The van der Waals surface area contributed by atoms with Crippen LogP contribution in [0.3, 0.4) is 0 Å². The van der Waals surface area contributed by atoms with Crippen molar-refractivity contribution in [3.8, 4) is 0 Å². The normalized spacial score (nSPS) is 23.9. The lowest BCUT2D eigenvalue weighted by molar-refractivity contribution is -0.133. The Bertz CT molecular complexity index is 245. The summed E-state index contributed by atoms with van der Waals surface area (Å²) in [4.78, 5) is 21.0. The number of rotatable bonds is 2. The van der Waals surface area contributed by atoms with E-state index < -0.39 is 5.97 Å². The molecule has 0 saturated heterocycles. The molecule has 12 heavy (non-hydrogen) atoms. The number of hydrogen-bond acceptors (Lipinski definition) is 2. The molecular formula is C8H9BrO3. The Kier molecular flexibility index (Phi) is 3.03. The molecule has 0 spiro atoms. The lowest BCUT2D eigenvalue weighted by Crippen LogP contribution is -2.19. The highest BCUT2D eigenvalue weighted by Crippen LogP contribution is 2.29. The van der Waals surface area contributed by atoms with E-state index in [0.717, 1.165) is 12.8 Å². The van der Waals surface area contributed by atoms with Crippen LogP contribution >= 0.6 is 15.9 Å². The molecule has 3 nitrogen and oxygen atoms in total. The first-order valence-corrected chi connectivity index (χ1v) is 4.64. The molecule has 1 atom stereocenters. The monoisotopic (exact) mass is 232 g/mol. The lowest BCUT2D eigenvalue weighted by atomic mass is 9.92. The predicted octanol–water partition coefficient (Wildman–Crippen LogP) is 1.51. The second kappa shape index (κ2) is 3.85. The van der Waals surface area contributed by atoms with Gasteiger partial charge in [0, 0.05) is 10.4 Å². The molecule has 0 aromatic rings. The Hall–Kier alpha value is -0.640. The topological polar surface area (TPSA) is 54.4 Å². The zero-order valence-corrected chi connectivity index (χ0v) is 8.00. The van der Waals surface area contributed by atoms with Crippen molar-refractivity contribution in [1.29, 1.82) is 0 Å². The molecule has 0 amide bonds. The number of carbonyl (C=O) groups excluding carboxylic acids is 1. The van der Waals surface area contributed by atoms with Gasteiger partial charge in [0.1, 0.15) is 6.29 Å². The quantitative estimate of drug-likeness (QED) is 0.581. The summed E-state index contributed by atoms with van der Waals surface area (Å²) in [5.41, 5.74) is 0.659. The van der Waals surface area contributed by atoms with Crippen LogP contribution < -0.4 is 0 Å². The van der Waals surface area contributed by atoms with Crippen LogP contribution in [0.1, 0.15) is 19.3 Å². The summed E-state index contributed by atoms with van der Waals surface area (Å²) in [5.74, 6) is -0.987. The lowest BCUT2D eigenvalue weighted by Gasteiger charge is -2.18. The highest BCUT2D eigenvalue weighted by atomic mass is 79.9. The number of carboxylic acids is 1. The Labute approximate surface area is 78.6 Å². The minimum atomic E-state index is -0.987. The van der Waals surface area contributed by atoms with E-state index in [0.29, 0.717) is 18.3 Å². The van der Waals surface area contributed by atoms with Gasteiger partial charge in [-0.1, -0.05) is 15.9 Å². The van der Waals surface area contributed by atoms with Gasteiger partial charge in [-0.25, -0.2) is 4.79 Å². The average molecular weight is 233 g/mol. The smallest absolute Gasteiger partial charge is 0.333 e. The summed E-state index contributed by atoms with van der Waals surface area (Å²) in [5, 5.41) is 8.76. The molecule has 4 heteroatoms. The van der Waals surface area contributed by atoms with Crippen molar-refractivity contribution in [3.63, 3.8) is 0 Å². The molecule has 1 N–H and O–H groups in total. The molecular weight excluding hydrogens is 224 g/mol. The van der Waals surface area contributed by atoms with Gasteiger partial charge in [-0.15, -0.1) is 0 Å². The maximum atomic E-state index is 10.7. The molecule has 66 valence electrons. The van der Waals surface area contributed by atoms with Gasteiger partial charge in [-0.05, 0) is 19.3 Å². The van der Waals surface area contributed by atoms with Gasteiger partial charge in [0.15, 0.2) is 0 Å².